The molecule has 4 nitrogen and oxygen atoms in total. The molecule has 0 aliphatic heterocycles. The van der Waals surface area contributed by atoms with Gasteiger partial charge in [0, 0.05) is 17.4 Å². The zero-order valence-corrected chi connectivity index (χ0v) is 11.8. The second-order valence-corrected chi connectivity index (χ2v) is 5.25. The summed E-state index contributed by atoms with van der Waals surface area (Å²) in [7, 11) is 0. The van der Waals surface area contributed by atoms with Crippen molar-refractivity contribution in [1.82, 2.24) is 5.32 Å². The van der Waals surface area contributed by atoms with Crippen molar-refractivity contribution in [3.05, 3.63) is 28.0 Å². The molecule has 0 atom stereocenters. The van der Waals surface area contributed by atoms with E-state index >= 15 is 0 Å². The molecular formula is C14H19NO3S. The Hall–Kier alpha value is -1.62. The fourth-order valence-corrected chi connectivity index (χ4v) is 2.35. The molecule has 0 bridgehead atoms. The predicted octanol–water partition coefficient (Wildman–Crippen LogP) is 3.04. The number of carbonyl (C=O) groups is 2. The van der Waals surface area contributed by atoms with E-state index in [4.69, 9.17) is 5.11 Å². The van der Waals surface area contributed by atoms with E-state index in [0.717, 1.165) is 35.8 Å². The maximum Gasteiger partial charge on any atom is 0.328 e. The van der Waals surface area contributed by atoms with Gasteiger partial charge in [-0.15, -0.1) is 11.3 Å². The van der Waals surface area contributed by atoms with Gasteiger partial charge in [0.05, 0.1) is 6.54 Å². The van der Waals surface area contributed by atoms with Gasteiger partial charge < -0.3 is 10.4 Å². The zero-order valence-electron chi connectivity index (χ0n) is 11.0. The van der Waals surface area contributed by atoms with Crippen molar-refractivity contribution in [3.63, 3.8) is 0 Å². The van der Waals surface area contributed by atoms with Crippen LogP contribution < -0.4 is 5.32 Å². The summed E-state index contributed by atoms with van der Waals surface area (Å²) in [6.45, 7) is 2.62. The average molecular weight is 281 g/mol. The van der Waals surface area contributed by atoms with Crippen molar-refractivity contribution in [2.45, 2.75) is 39.2 Å². The van der Waals surface area contributed by atoms with Crippen LogP contribution in [-0.2, 0) is 16.1 Å². The summed E-state index contributed by atoms with van der Waals surface area (Å²) in [4.78, 5) is 22.9. The van der Waals surface area contributed by atoms with E-state index in [9.17, 15) is 9.59 Å². The van der Waals surface area contributed by atoms with Crippen molar-refractivity contribution in [3.8, 4) is 0 Å². The highest BCUT2D eigenvalue weighted by atomic mass is 32.1. The zero-order chi connectivity index (χ0) is 14.1. The Morgan fingerprint density at radius 2 is 2.21 bits per heavy atom. The fraction of sp³-hybridized carbons (Fsp3) is 0.429. The van der Waals surface area contributed by atoms with E-state index in [2.05, 4.69) is 12.2 Å². The highest BCUT2D eigenvalue weighted by molar-refractivity contribution is 7.10. The van der Waals surface area contributed by atoms with Gasteiger partial charge in [0.2, 0.25) is 5.91 Å². The first-order valence-corrected chi connectivity index (χ1v) is 7.25. The predicted molar refractivity (Wildman–Crippen MR) is 77.0 cm³/mol. The summed E-state index contributed by atoms with van der Waals surface area (Å²) in [6, 6.07) is 1.89. The molecule has 5 heteroatoms. The van der Waals surface area contributed by atoms with Gasteiger partial charge in [0.25, 0.3) is 0 Å². The van der Waals surface area contributed by atoms with Gasteiger partial charge in [-0.3, -0.25) is 4.79 Å². The van der Waals surface area contributed by atoms with Gasteiger partial charge in [-0.1, -0.05) is 19.8 Å². The molecule has 0 fully saturated rings. The minimum atomic E-state index is -0.961. The molecule has 0 radical (unpaired) electrons. The number of hydrogen-bond donors (Lipinski definition) is 2. The number of rotatable bonds is 8. The topological polar surface area (TPSA) is 66.4 Å². The molecule has 0 aromatic carbocycles. The molecule has 1 aromatic rings. The van der Waals surface area contributed by atoms with Crippen LogP contribution in [0.5, 0.6) is 0 Å². The quantitative estimate of drug-likeness (QED) is 0.568. The largest absolute Gasteiger partial charge is 0.478 e. The monoisotopic (exact) mass is 281 g/mol. The molecule has 2 N–H and O–H groups in total. The number of thiophene rings is 1. The Balaban J connectivity index is 2.33. The third-order valence-corrected chi connectivity index (χ3v) is 3.51. The first-order chi connectivity index (χ1) is 9.11. The smallest absolute Gasteiger partial charge is 0.328 e. The lowest BCUT2D eigenvalue weighted by atomic mass is 10.2. The molecule has 0 aliphatic carbocycles. The van der Waals surface area contributed by atoms with Crippen molar-refractivity contribution in [2.24, 2.45) is 0 Å². The average Bonchev–Trinajstić information content (AvgIpc) is 2.82. The molecular weight excluding hydrogens is 262 g/mol. The van der Waals surface area contributed by atoms with Crippen LogP contribution in [0.4, 0.5) is 0 Å². The SMILES string of the molecule is CCCCCC(=O)NCc1cc(C=CC(=O)O)cs1. The summed E-state index contributed by atoms with van der Waals surface area (Å²) in [5, 5.41) is 13.3. The number of hydrogen-bond acceptors (Lipinski definition) is 3. The number of amides is 1. The van der Waals surface area contributed by atoms with Gasteiger partial charge in [-0.05, 0) is 29.5 Å². The first kappa shape index (κ1) is 15.4. The van der Waals surface area contributed by atoms with Crippen molar-refractivity contribution in [1.29, 1.82) is 0 Å². The van der Waals surface area contributed by atoms with E-state index in [1.54, 1.807) is 6.08 Å². The Morgan fingerprint density at radius 3 is 2.89 bits per heavy atom. The van der Waals surface area contributed by atoms with Crippen LogP contribution in [0.2, 0.25) is 0 Å². The summed E-state index contributed by atoms with van der Waals surface area (Å²) in [5.74, 6) is -0.888. The summed E-state index contributed by atoms with van der Waals surface area (Å²) < 4.78 is 0. The lowest BCUT2D eigenvalue weighted by Crippen LogP contribution is -2.21. The summed E-state index contributed by atoms with van der Waals surface area (Å²) in [5.41, 5.74) is 0.850. The molecule has 0 spiro atoms. The lowest BCUT2D eigenvalue weighted by molar-refractivity contribution is -0.131. The Labute approximate surface area is 117 Å². The fourth-order valence-electron chi connectivity index (χ4n) is 1.55. The maximum absolute atomic E-state index is 11.5. The highest BCUT2D eigenvalue weighted by Crippen LogP contribution is 2.15. The van der Waals surface area contributed by atoms with Crippen molar-refractivity contribution >= 4 is 29.3 Å². The van der Waals surface area contributed by atoms with E-state index in [1.165, 1.54) is 11.3 Å². The van der Waals surface area contributed by atoms with E-state index in [0.29, 0.717) is 13.0 Å². The number of unbranched alkanes of at least 4 members (excludes halogenated alkanes) is 2. The molecule has 1 aromatic heterocycles. The second kappa shape index (κ2) is 8.48. The van der Waals surface area contributed by atoms with E-state index < -0.39 is 5.97 Å². The molecule has 1 rings (SSSR count). The summed E-state index contributed by atoms with van der Waals surface area (Å²) in [6.07, 6.45) is 6.35. The van der Waals surface area contributed by atoms with Gasteiger partial charge in [0.15, 0.2) is 0 Å². The van der Waals surface area contributed by atoms with Crippen LogP contribution in [-0.4, -0.2) is 17.0 Å². The second-order valence-electron chi connectivity index (χ2n) is 4.25. The first-order valence-electron chi connectivity index (χ1n) is 6.37. The highest BCUT2D eigenvalue weighted by Gasteiger charge is 2.02. The number of nitrogens with one attached hydrogen (secondary N) is 1. The number of carbonyl (C=O) groups excluding carboxylic acids is 1. The van der Waals surface area contributed by atoms with Gasteiger partial charge in [-0.2, -0.15) is 0 Å². The molecule has 0 aliphatic rings. The van der Waals surface area contributed by atoms with Gasteiger partial charge >= 0.3 is 5.97 Å². The molecule has 0 saturated carbocycles. The lowest BCUT2D eigenvalue weighted by Gasteiger charge is -2.02. The van der Waals surface area contributed by atoms with E-state index in [-0.39, 0.29) is 5.91 Å². The molecule has 1 amide bonds. The van der Waals surface area contributed by atoms with Crippen molar-refractivity contribution < 1.29 is 14.7 Å². The summed E-state index contributed by atoms with van der Waals surface area (Å²) >= 11 is 1.51. The number of aliphatic carboxylic acids is 1. The van der Waals surface area contributed by atoms with Crippen molar-refractivity contribution in [2.75, 3.05) is 0 Å². The third-order valence-electron chi connectivity index (χ3n) is 2.56. The Bertz CT molecular complexity index is 451. The number of carboxylic acids is 1. The van der Waals surface area contributed by atoms with Crippen LogP contribution >= 0.6 is 11.3 Å². The third kappa shape index (κ3) is 6.76. The van der Waals surface area contributed by atoms with Gasteiger partial charge in [-0.25, -0.2) is 4.79 Å². The maximum atomic E-state index is 11.5. The minimum absolute atomic E-state index is 0.0736. The molecule has 19 heavy (non-hydrogen) atoms. The molecule has 104 valence electrons. The Morgan fingerprint density at radius 1 is 1.42 bits per heavy atom. The Kier molecular flexibility index (Phi) is 6.89. The van der Waals surface area contributed by atoms with Gasteiger partial charge in [0.1, 0.15) is 0 Å². The van der Waals surface area contributed by atoms with E-state index in [1.807, 2.05) is 11.4 Å². The van der Waals surface area contributed by atoms with Crippen LogP contribution in [0.25, 0.3) is 6.08 Å². The molecule has 0 unspecified atom stereocenters. The van der Waals surface area contributed by atoms with Crippen LogP contribution in [0, 0.1) is 0 Å². The van der Waals surface area contributed by atoms with Crippen LogP contribution in [0.3, 0.4) is 0 Å². The normalized spacial score (nSPS) is 10.8. The standard InChI is InChI=1S/C14H19NO3S/c1-2-3-4-5-13(16)15-9-12-8-11(10-19-12)6-7-14(17)18/h6-8,10H,2-5,9H2,1H3,(H,15,16)(H,17,18). The van der Waals surface area contributed by atoms with Crippen LogP contribution in [0.15, 0.2) is 17.5 Å². The number of carboxylic acid groups (broad SMARTS) is 1. The minimum Gasteiger partial charge on any atom is -0.478 e. The molecule has 0 saturated heterocycles. The van der Waals surface area contributed by atoms with Crippen LogP contribution in [0.1, 0.15) is 43.0 Å². The molecule has 1 heterocycles.